The molecular formula is C23H21N7O3. The number of hydrogen-bond acceptors (Lipinski definition) is 8. The summed E-state index contributed by atoms with van der Waals surface area (Å²) in [5, 5.41) is 21.7. The van der Waals surface area contributed by atoms with E-state index in [-0.39, 0.29) is 5.82 Å². The van der Waals surface area contributed by atoms with Crippen molar-refractivity contribution in [1.82, 2.24) is 29.1 Å². The Balaban J connectivity index is 1.38. The quantitative estimate of drug-likeness (QED) is 0.382. The summed E-state index contributed by atoms with van der Waals surface area (Å²) in [4.78, 5) is 17.2. The van der Waals surface area contributed by atoms with Crippen LogP contribution < -0.4 is 5.73 Å². The Morgan fingerprint density at radius 3 is 2.58 bits per heavy atom. The molecule has 0 amide bonds. The molecule has 0 saturated carbocycles. The number of ether oxygens (including phenoxy) is 1. The minimum Gasteiger partial charge on any atom is -0.387 e. The summed E-state index contributed by atoms with van der Waals surface area (Å²) in [5.41, 5.74) is 9.43. The van der Waals surface area contributed by atoms with E-state index < -0.39 is 24.5 Å². The molecule has 166 valence electrons. The molecule has 1 aliphatic heterocycles. The van der Waals surface area contributed by atoms with Crippen molar-refractivity contribution in [3.63, 3.8) is 0 Å². The van der Waals surface area contributed by atoms with Gasteiger partial charge in [0.05, 0.1) is 23.9 Å². The average molecular weight is 443 g/mol. The van der Waals surface area contributed by atoms with Crippen molar-refractivity contribution < 1.29 is 14.9 Å². The van der Waals surface area contributed by atoms with Crippen molar-refractivity contribution in [2.24, 2.45) is 0 Å². The second-order valence-electron chi connectivity index (χ2n) is 8.03. The van der Waals surface area contributed by atoms with Crippen LogP contribution in [-0.2, 0) is 11.3 Å². The maximum absolute atomic E-state index is 10.9. The Hall–Kier alpha value is -3.86. The lowest BCUT2D eigenvalue weighted by atomic mass is 10.1. The van der Waals surface area contributed by atoms with E-state index in [2.05, 4.69) is 15.0 Å². The first-order valence-electron chi connectivity index (χ1n) is 10.6. The number of aliphatic hydroxyl groups is 2. The van der Waals surface area contributed by atoms with Gasteiger partial charge in [-0.2, -0.15) is 0 Å². The molecule has 33 heavy (non-hydrogen) atoms. The number of fused-ring (bicyclic) bond motifs is 2. The van der Waals surface area contributed by atoms with Crippen LogP contribution in [-0.4, -0.2) is 57.6 Å². The van der Waals surface area contributed by atoms with Gasteiger partial charge in [-0.15, -0.1) is 0 Å². The van der Waals surface area contributed by atoms with Gasteiger partial charge in [0, 0.05) is 5.56 Å². The summed E-state index contributed by atoms with van der Waals surface area (Å²) in [7, 11) is 0. The highest BCUT2D eigenvalue weighted by molar-refractivity contribution is 5.81. The van der Waals surface area contributed by atoms with Crippen LogP contribution >= 0.6 is 0 Å². The first-order chi connectivity index (χ1) is 16.1. The van der Waals surface area contributed by atoms with Crippen LogP contribution in [0.3, 0.4) is 0 Å². The fourth-order valence-corrected chi connectivity index (χ4v) is 4.41. The Morgan fingerprint density at radius 2 is 1.73 bits per heavy atom. The van der Waals surface area contributed by atoms with Crippen LogP contribution in [0.4, 0.5) is 5.82 Å². The van der Waals surface area contributed by atoms with Crippen LogP contribution in [0.25, 0.3) is 33.6 Å². The number of benzene rings is 2. The lowest BCUT2D eigenvalue weighted by Crippen LogP contribution is -2.33. The third-order valence-corrected chi connectivity index (χ3v) is 6.05. The van der Waals surface area contributed by atoms with E-state index in [4.69, 9.17) is 15.5 Å². The maximum Gasteiger partial charge on any atom is 0.167 e. The van der Waals surface area contributed by atoms with Gasteiger partial charge in [-0.1, -0.05) is 42.5 Å². The Bertz CT molecular complexity index is 1450. The molecule has 0 bridgehead atoms. The molecule has 10 heteroatoms. The maximum atomic E-state index is 10.9. The molecule has 6 rings (SSSR count). The van der Waals surface area contributed by atoms with Gasteiger partial charge in [0.2, 0.25) is 0 Å². The minimum absolute atomic E-state index is 0.237. The fourth-order valence-electron chi connectivity index (χ4n) is 4.41. The molecule has 5 aromatic rings. The van der Waals surface area contributed by atoms with Crippen molar-refractivity contribution in [1.29, 1.82) is 0 Å². The number of rotatable bonds is 4. The van der Waals surface area contributed by atoms with E-state index in [1.54, 1.807) is 4.57 Å². The number of para-hydroxylation sites is 2. The van der Waals surface area contributed by atoms with Crippen molar-refractivity contribution in [3.8, 4) is 11.4 Å². The zero-order chi connectivity index (χ0) is 22.5. The highest BCUT2D eigenvalue weighted by Crippen LogP contribution is 2.34. The zero-order valence-corrected chi connectivity index (χ0v) is 17.4. The van der Waals surface area contributed by atoms with Crippen molar-refractivity contribution in [3.05, 3.63) is 67.3 Å². The molecule has 4 N–H and O–H groups in total. The molecule has 1 saturated heterocycles. The number of nitrogen functional groups attached to an aromatic ring is 1. The van der Waals surface area contributed by atoms with E-state index in [1.165, 1.54) is 12.7 Å². The van der Waals surface area contributed by atoms with E-state index in [0.29, 0.717) is 17.7 Å². The number of aliphatic hydroxyl groups excluding tert-OH is 2. The largest absolute Gasteiger partial charge is 0.387 e. The molecule has 4 atom stereocenters. The molecule has 4 heterocycles. The third-order valence-electron chi connectivity index (χ3n) is 6.05. The van der Waals surface area contributed by atoms with Crippen molar-refractivity contribution in [2.45, 2.75) is 31.1 Å². The summed E-state index contributed by atoms with van der Waals surface area (Å²) < 4.78 is 9.75. The Labute approximate surface area is 187 Å². The van der Waals surface area contributed by atoms with Crippen LogP contribution in [0.15, 0.2) is 67.3 Å². The van der Waals surface area contributed by atoms with Crippen LogP contribution in [0, 0.1) is 0 Å². The van der Waals surface area contributed by atoms with Crippen molar-refractivity contribution >= 4 is 28.0 Å². The second kappa shape index (κ2) is 7.62. The summed E-state index contributed by atoms with van der Waals surface area (Å²) in [6.07, 6.45) is -1.06. The van der Waals surface area contributed by atoms with Gasteiger partial charge in [-0.05, 0) is 12.1 Å². The number of imidazole rings is 2. The lowest BCUT2D eigenvalue weighted by molar-refractivity contribution is -0.0389. The highest BCUT2D eigenvalue weighted by atomic mass is 16.6. The number of nitrogens with zero attached hydrogens (tertiary/aromatic N) is 6. The minimum atomic E-state index is -1.18. The molecule has 1 aliphatic rings. The fraction of sp³-hybridized carbons (Fsp3) is 0.217. The zero-order valence-electron chi connectivity index (χ0n) is 17.4. The predicted molar refractivity (Wildman–Crippen MR) is 121 cm³/mol. The molecule has 1 unspecified atom stereocenters. The van der Waals surface area contributed by atoms with Crippen LogP contribution in [0.1, 0.15) is 6.23 Å². The first kappa shape index (κ1) is 19.8. The van der Waals surface area contributed by atoms with Crippen LogP contribution in [0.2, 0.25) is 0 Å². The third kappa shape index (κ3) is 3.15. The SMILES string of the molecule is Nc1ncnc2c1ncn2[C@@H]1OC(Cn2c(-c3ccccc3)nc3ccccc32)[C@@H](O)[C@H]1O. The molecule has 0 aliphatic carbocycles. The van der Waals surface area contributed by atoms with Gasteiger partial charge in [-0.3, -0.25) is 4.57 Å². The average Bonchev–Trinajstić information content (AvgIpc) is 3.51. The predicted octanol–water partition coefficient (Wildman–Crippen LogP) is 1.74. The summed E-state index contributed by atoms with van der Waals surface area (Å²) >= 11 is 0. The van der Waals surface area contributed by atoms with E-state index in [9.17, 15) is 10.2 Å². The van der Waals surface area contributed by atoms with E-state index >= 15 is 0 Å². The van der Waals surface area contributed by atoms with Gasteiger partial charge in [0.15, 0.2) is 17.7 Å². The number of aromatic nitrogens is 6. The number of hydrogen-bond donors (Lipinski definition) is 3. The summed E-state index contributed by atoms with van der Waals surface area (Å²) in [6, 6.07) is 17.7. The van der Waals surface area contributed by atoms with Gasteiger partial charge in [-0.25, -0.2) is 19.9 Å². The monoisotopic (exact) mass is 443 g/mol. The summed E-state index contributed by atoms with van der Waals surface area (Å²) in [6.45, 7) is 0.295. The molecule has 2 aromatic carbocycles. The standard InChI is InChI=1S/C23H21N7O3/c24-20-17-22(26-11-25-20)30(12-27-17)23-19(32)18(31)16(33-23)10-29-15-9-5-4-8-14(15)28-21(29)13-6-2-1-3-7-13/h1-9,11-12,16,18-19,23,31-32H,10H2,(H2,24,25,26)/t16?,18-,19-,23-/m1/s1. The number of anilines is 1. The summed E-state index contributed by atoms with van der Waals surface area (Å²) in [5.74, 6) is 1.000. The first-order valence-corrected chi connectivity index (χ1v) is 10.6. The van der Waals surface area contributed by atoms with Crippen LogP contribution in [0.5, 0.6) is 0 Å². The normalized spacial score (nSPS) is 23.0. The molecule has 0 radical (unpaired) electrons. The van der Waals surface area contributed by atoms with Gasteiger partial charge >= 0.3 is 0 Å². The highest BCUT2D eigenvalue weighted by Gasteiger charge is 2.44. The van der Waals surface area contributed by atoms with E-state index in [0.717, 1.165) is 22.4 Å². The van der Waals surface area contributed by atoms with E-state index in [1.807, 2.05) is 59.2 Å². The molecule has 10 nitrogen and oxygen atoms in total. The van der Waals surface area contributed by atoms with Crippen molar-refractivity contribution in [2.75, 3.05) is 5.73 Å². The lowest BCUT2D eigenvalue weighted by Gasteiger charge is -2.18. The smallest absolute Gasteiger partial charge is 0.167 e. The Morgan fingerprint density at radius 1 is 0.939 bits per heavy atom. The topological polar surface area (TPSA) is 137 Å². The van der Waals surface area contributed by atoms with Gasteiger partial charge in [0.25, 0.3) is 0 Å². The van der Waals surface area contributed by atoms with Gasteiger partial charge in [0.1, 0.15) is 36.0 Å². The number of nitrogens with two attached hydrogens (primary N) is 1. The molecule has 0 spiro atoms. The Kier molecular flexibility index (Phi) is 4.57. The van der Waals surface area contributed by atoms with Gasteiger partial charge < -0.3 is 25.3 Å². The molecular weight excluding hydrogens is 422 g/mol. The molecule has 3 aromatic heterocycles. The molecule has 1 fully saturated rings. The second-order valence-corrected chi connectivity index (χ2v) is 8.03.